The van der Waals surface area contributed by atoms with Crippen molar-refractivity contribution in [3.63, 3.8) is 0 Å². The lowest BCUT2D eigenvalue weighted by atomic mass is 10.2. The lowest BCUT2D eigenvalue weighted by molar-refractivity contribution is 0.918. The molecule has 0 saturated heterocycles. The summed E-state index contributed by atoms with van der Waals surface area (Å²) in [6.45, 7) is 0. The van der Waals surface area contributed by atoms with Gasteiger partial charge in [0.25, 0.3) is 0 Å². The predicted molar refractivity (Wildman–Crippen MR) is 47.0 cm³/mol. The second-order valence-electron chi connectivity index (χ2n) is 2.21. The lowest BCUT2D eigenvalue weighted by Crippen LogP contribution is -2.13. The zero-order valence-electron chi connectivity index (χ0n) is 5.63. The summed E-state index contributed by atoms with van der Waals surface area (Å²) < 4.78 is 0. The standard InChI is InChI=1S/C8H10BrN/c9-8(10)6-7-4-2-1-3-5-7/h1-5,8H,6,10H2/t8-/m0/s1. The van der Waals surface area contributed by atoms with Gasteiger partial charge in [0.15, 0.2) is 0 Å². The smallest absolute Gasteiger partial charge is 0.0646 e. The zero-order valence-corrected chi connectivity index (χ0v) is 7.21. The average Bonchev–Trinajstić information content (AvgIpc) is 1.88. The van der Waals surface area contributed by atoms with E-state index >= 15 is 0 Å². The van der Waals surface area contributed by atoms with Gasteiger partial charge in [-0.1, -0.05) is 46.3 Å². The Morgan fingerprint density at radius 2 is 1.90 bits per heavy atom. The highest BCUT2D eigenvalue weighted by molar-refractivity contribution is 9.09. The molecule has 0 saturated carbocycles. The SMILES string of the molecule is N[C@H](Br)Cc1ccccc1. The van der Waals surface area contributed by atoms with E-state index in [1.165, 1.54) is 5.56 Å². The molecule has 10 heavy (non-hydrogen) atoms. The molecule has 1 nitrogen and oxygen atoms in total. The van der Waals surface area contributed by atoms with E-state index in [4.69, 9.17) is 5.73 Å². The summed E-state index contributed by atoms with van der Waals surface area (Å²) >= 11 is 3.29. The Morgan fingerprint density at radius 3 is 2.40 bits per heavy atom. The van der Waals surface area contributed by atoms with Gasteiger partial charge < -0.3 is 5.73 Å². The van der Waals surface area contributed by atoms with Gasteiger partial charge in [0.1, 0.15) is 0 Å². The van der Waals surface area contributed by atoms with Gasteiger partial charge in [-0.2, -0.15) is 0 Å². The third-order valence-corrected chi connectivity index (χ3v) is 1.60. The quantitative estimate of drug-likeness (QED) is 0.572. The molecule has 0 aliphatic heterocycles. The van der Waals surface area contributed by atoms with E-state index in [0.29, 0.717) is 0 Å². The molecule has 0 heterocycles. The fourth-order valence-corrected chi connectivity index (χ4v) is 1.21. The van der Waals surface area contributed by atoms with Crippen molar-refractivity contribution in [2.45, 2.75) is 11.4 Å². The van der Waals surface area contributed by atoms with Crippen LogP contribution < -0.4 is 5.73 Å². The molecule has 1 rings (SSSR count). The van der Waals surface area contributed by atoms with Crippen LogP contribution in [0.2, 0.25) is 0 Å². The first kappa shape index (κ1) is 7.76. The Morgan fingerprint density at radius 1 is 1.30 bits per heavy atom. The molecule has 1 aromatic rings. The summed E-state index contributed by atoms with van der Waals surface area (Å²) in [6.07, 6.45) is 0.890. The van der Waals surface area contributed by atoms with Crippen molar-refractivity contribution in [3.8, 4) is 0 Å². The molecule has 1 atom stereocenters. The summed E-state index contributed by atoms with van der Waals surface area (Å²) in [5.41, 5.74) is 6.81. The van der Waals surface area contributed by atoms with Gasteiger partial charge in [-0.25, -0.2) is 0 Å². The van der Waals surface area contributed by atoms with Gasteiger partial charge in [0.05, 0.1) is 4.95 Å². The van der Waals surface area contributed by atoms with E-state index in [-0.39, 0.29) is 4.95 Å². The maximum absolute atomic E-state index is 5.54. The molecular weight excluding hydrogens is 190 g/mol. The van der Waals surface area contributed by atoms with Gasteiger partial charge in [0.2, 0.25) is 0 Å². The first-order valence-electron chi connectivity index (χ1n) is 3.22. The maximum Gasteiger partial charge on any atom is 0.0646 e. The van der Waals surface area contributed by atoms with Gasteiger partial charge in [-0.15, -0.1) is 0 Å². The number of hydrogen-bond donors (Lipinski definition) is 1. The molecule has 0 spiro atoms. The summed E-state index contributed by atoms with van der Waals surface area (Å²) in [5.74, 6) is 0. The molecule has 0 bridgehead atoms. The van der Waals surface area contributed by atoms with Crippen molar-refractivity contribution in [2.75, 3.05) is 0 Å². The number of nitrogens with two attached hydrogens (primary N) is 1. The molecular formula is C8H10BrN. The number of benzene rings is 1. The molecule has 0 aliphatic carbocycles. The van der Waals surface area contributed by atoms with Crippen molar-refractivity contribution >= 4 is 15.9 Å². The van der Waals surface area contributed by atoms with E-state index < -0.39 is 0 Å². The molecule has 2 heteroatoms. The minimum Gasteiger partial charge on any atom is -0.319 e. The number of hydrogen-bond acceptors (Lipinski definition) is 1. The van der Waals surface area contributed by atoms with Crippen LogP contribution in [-0.2, 0) is 6.42 Å². The molecule has 0 amide bonds. The third-order valence-electron chi connectivity index (χ3n) is 1.27. The molecule has 0 unspecified atom stereocenters. The average molecular weight is 200 g/mol. The minimum absolute atomic E-state index is 0.0786. The van der Waals surface area contributed by atoms with Crippen LogP contribution in [0.3, 0.4) is 0 Å². The summed E-state index contributed by atoms with van der Waals surface area (Å²) in [6, 6.07) is 10.2. The Bertz CT molecular complexity index is 184. The predicted octanol–water partition coefficient (Wildman–Crippen LogP) is 1.91. The van der Waals surface area contributed by atoms with Crippen LogP contribution in [0.1, 0.15) is 5.56 Å². The lowest BCUT2D eigenvalue weighted by Gasteiger charge is -2.01. The van der Waals surface area contributed by atoms with Crippen molar-refractivity contribution in [2.24, 2.45) is 5.73 Å². The highest BCUT2D eigenvalue weighted by Gasteiger charge is 1.95. The number of alkyl halides is 1. The molecule has 1 aromatic carbocycles. The molecule has 0 aromatic heterocycles. The van der Waals surface area contributed by atoms with Crippen LogP contribution in [0, 0.1) is 0 Å². The van der Waals surface area contributed by atoms with Crippen molar-refractivity contribution in [3.05, 3.63) is 35.9 Å². The Balaban J connectivity index is 2.59. The van der Waals surface area contributed by atoms with E-state index in [2.05, 4.69) is 28.1 Å². The molecule has 2 N–H and O–H groups in total. The Labute approximate surface area is 69.4 Å². The first-order valence-corrected chi connectivity index (χ1v) is 4.14. The van der Waals surface area contributed by atoms with Crippen LogP contribution in [0.15, 0.2) is 30.3 Å². The molecule has 0 aliphatic rings. The van der Waals surface area contributed by atoms with Gasteiger partial charge in [-0.05, 0) is 12.0 Å². The first-order chi connectivity index (χ1) is 4.79. The fourth-order valence-electron chi connectivity index (χ4n) is 0.839. The van der Waals surface area contributed by atoms with Crippen molar-refractivity contribution in [1.29, 1.82) is 0 Å². The van der Waals surface area contributed by atoms with E-state index in [1.807, 2.05) is 18.2 Å². The van der Waals surface area contributed by atoms with Crippen LogP contribution in [0.25, 0.3) is 0 Å². The maximum atomic E-state index is 5.54. The molecule has 0 fully saturated rings. The molecule has 54 valence electrons. The summed E-state index contributed by atoms with van der Waals surface area (Å²) in [7, 11) is 0. The highest BCUT2D eigenvalue weighted by atomic mass is 79.9. The second kappa shape index (κ2) is 3.74. The normalized spacial score (nSPS) is 13.0. The fraction of sp³-hybridized carbons (Fsp3) is 0.250. The summed E-state index contributed by atoms with van der Waals surface area (Å²) in [5, 5.41) is 0. The topological polar surface area (TPSA) is 26.0 Å². The third kappa shape index (κ3) is 2.50. The largest absolute Gasteiger partial charge is 0.319 e. The highest BCUT2D eigenvalue weighted by Crippen LogP contribution is 2.04. The monoisotopic (exact) mass is 199 g/mol. The van der Waals surface area contributed by atoms with Gasteiger partial charge in [-0.3, -0.25) is 0 Å². The minimum atomic E-state index is 0.0786. The van der Waals surface area contributed by atoms with Crippen LogP contribution in [0.5, 0.6) is 0 Å². The van der Waals surface area contributed by atoms with Gasteiger partial charge >= 0.3 is 0 Å². The Kier molecular flexibility index (Phi) is 2.90. The van der Waals surface area contributed by atoms with Crippen LogP contribution >= 0.6 is 15.9 Å². The second-order valence-corrected chi connectivity index (χ2v) is 3.38. The zero-order chi connectivity index (χ0) is 7.40. The van der Waals surface area contributed by atoms with Crippen LogP contribution in [-0.4, -0.2) is 4.95 Å². The van der Waals surface area contributed by atoms with Gasteiger partial charge in [0, 0.05) is 0 Å². The van der Waals surface area contributed by atoms with Crippen molar-refractivity contribution in [1.82, 2.24) is 0 Å². The Hall–Kier alpha value is -0.340. The van der Waals surface area contributed by atoms with E-state index in [0.717, 1.165) is 6.42 Å². The van der Waals surface area contributed by atoms with Crippen molar-refractivity contribution < 1.29 is 0 Å². The number of rotatable bonds is 2. The molecule has 0 radical (unpaired) electrons. The van der Waals surface area contributed by atoms with E-state index in [9.17, 15) is 0 Å². The van der Waals surface area contributed by atoms with Crippen LogP contribution in [0.4, 0.5) is 0 Å². The summed E-state index contributed by atoms with van der Waals surface area (Å²) in [4.78, 5) is 0.0786. The van der Waals surface area contributed by atoms with E-state index in [1.54, 1.807) is 0 Å². The number of halogens is 1.